The number of thioether (sulfide) groups is 1. The first kappa shape index (κ1) is 15.3. The van der Waals surface area contributed by atoms with Gasteiger partial charge in [-0.15, -0.1) is 0 Å². The number of hydrogen-bond acceptors (Lipinski definition) is 3. The predicted octanol–water partition coefficient (Wildman–Crippen LogP) is 3.33. The third-order valence-electron chi connectivity index (χ3n) is 3.49. The highest BCUT2D eigenvalue weighted by Crippen LogP contribution is 2.24. The first-order chi connectivity index (χ1) is 8.72. The topological polar surface area (TPSA) is 65.0 Å². The highest BCUT2D eigenvalue weighted by molar-refractivity contribution is 8.13. The smallest absolute Gasteiger partial charge is 0.320 e. The van der Waals surface area contributed by atoms with Gasteiger partial charge in [0.25, 0.3) is 0 Å². The third kappa shape index (κ3) is 6.89. The molecule has 0 spiro atoms. The van der Waals surface area contributed by atoms with Gasteiger partial charge in [-0.1, -0.05) is 56.7 Å². The fourth-order valence-corrected chi connectivity index (χ4v) is 2.61. The van der Waals surface area contributed by atoms with E-state index in [9.17, 15) is 4.79 Å². The Balaban J connectivity index is 2.11. The van der Waals surface area contributed by atoms with Gasteiger partial charge in [-0.05, 0) is 18.6 Å². The summed E-state index contributed by atoms with van der Waals surface area (Å²) in [6, 6.07) is -0.250. The lowest BCUT2D eigenvalue weighted by molar-refractivity contribution is 0.244. The van der Waals surface area contributed by atoms with Crippen LogP contribution in [0.4, 0.5) is 4.79 Å². The van der Waals surface area contributed by atoms with Gasteiger partial charge in [0.05, 0.1) is 0 Å². The monoisotopic (exact) mass is 271 g/mol. The molecule has 0 bridgehead atoms. The van der Waals surface area contributed by atoms with E-state index >= 15 is 0 Å². The Kier molecular flexibility index (Phi) is 7.89. The molecule has 0 aromatic carbocycles. The third-order valence-corrected chi connectivity index (χ3v) is 4.00. The second-order valence-corrected chi connectivity index (χ2v) is 5.73. The molecule has 0 aromatic heterocycles. The highest BCUT2D eigenvalue weighted by Gasteiger charge is 2.11. The van der Waals surface area contributed by atoms with Gasteiger partial charge in [0.15, 0.2) is 5.17 Å². The van der Waals surface area contributed by atoms with Crippen LogP contribution in [0.3, 0.4) is 0 Å². The average Bonchev–Trinajstić information content (AvgIpc) is 2.31. The van der Waals surface area contributed by atoms with Crippen LogP contribution in [0, 0.1) is 11.3 Å². The standard InChI is InChI=1S/C13H25N3OS/c1-18-12(14)16-13(17)15-10-9-11-7-5-3-2-4-6-8-11/h11H,2-10H2,1H3,(H3,14,15,16,17). The maximum atomic E-state index is 11.4. The summed E-state index contributed by atoms with van der Waals surface area (Å²) in [5.41, 5.74) is 0. The van der Waals surface area contributed by atoms with E-state index in [1.165, 1.54) is 56.7 Å². The van der Waals surface area contributed by atoms with Crippen molar-refractivity contribution in [1.29, 1.82) is 5.41 Å². The summed E-state index contributed by atoms with van der Waals surface area (Å²) in [5.74, 6) is 0.769. The summed E-state index contributed by atoms with van der Waals surface area (Å²) >= 11 is 1.23. The fourth-order valence-electron chi connectivity index (χ4n) is 2.42. The predicted molar refractivity (Wildman–Crippen MR) is 78.2 cm³/mol. The minimum absolute atomic E-state index is 0.193. The van der Waals surface area contributed by atoms with Crippen molar-refractivity contribution in [2.75, 3.05) is 12.8 Å². The van der Waals surface area contributed by atoms with Crippen LogP contribution < -0.4 is 10.6 Å². The van der Waals surface area contributed by atoms with E-state index in [1.54, 1.807) is 6.26 Å². The molecule has 3 N–H and O–H groups in total. The Morgan fingerprint density at radius 2 is 1.83 bits per heavy atom. The molecule has 0 heterocycles. The molecule has 5 heteroatoms. The van der Waals surface area contributed by atoms with Crippen LogP contribution in [0.25, 0.3) is 0 Å². The number of amides is 2. The van der Waals surface area contributed by atoms with Gasteiger partial charge in [0.1, 0.15) is 0 Å². The number of carbonyl (C=O) groups excluding carboxylic acids is 1. The van der Waals surface area contributed by atoms with Crippen molar-refractivity contribution in [3.63, 3.8) is 0 Å². The summed E-state index contributed by atoms with van der Waals surface area (Å²) in [7, 11) is 0. The Morgan fingerprint density at radius 3 is 2.44 bits per heavy atom. The molecule has 104 valence electrons. The zero-order valence-corrected chi connectivity index (χ0v) is 12.1. The molecule has 1 rings (SSSR count). The minimum atomic E-state index is -0.250. The lowest BCUT2D eigenvalue weighted by Crippen LogP contribution is -2.38. The zero-order valence-electron chi connectivity index (χ0n) is 11.3. The summed E-state index contributed by atoms with van der Waals surface area (Å²) in [6.45, 7) is 0.720. The molecule has 0 saturated heterocycles. The highest BCUT2D eigenvalue weighted by atomic mass is 32.2. The van der Waals surface area contributed by atoms with Gasteiger partial charge in [-0.25, -0.2) is 4.79 Å². The lowest BCUT2D eigenvalue weighted by atomic mass is 9.89. The van der Waals surface area contributed by atoms with Crippen LogP contribution in [0.2, 0.25) is 0 Å². The first-order valence-electron chi connectivity index (χ1n) is 6.89. The number of hydrogen-bond donors (Lipinski definition) is 3. The molecule has 4 nitrogen and oxygen atoms in total. The van der Waals surface area contributed by atoms with E-state index in [-0.39, 0.29) is 11.2 Å². The Bertz CT molecular complexity index is 263. The number of amidine groups is 1. The van der Waals surface area contributed by atoms with Crippen LogP contribution in [0.5, 0.6) is 0 Å². The molecule has 18 heavy (non-hydrogen) atoms. The van der Waals surface area contributed by atoms with Crippen LogP contribution >= 0.6 is 11.8 Å². The summed E-state index contributed by atoms with van der Waals surface area (Å²) in [6.07, 6.45) is 12.3. The number of nitrogens with one attached hydrogen (secondary N) is 3. The van der Waals surface area contributed by atoms with Crippen LogP contribution in [-0.2, 0) is 0 Å². The summed E-state index contributed by atoms with van der Waals surface area (Å²) in [5, 5.41) is 12.8. The van der Waals surface area contributed by atoms with Crippen LogP contribution in [0.15, 0.2) is 0 Å². The maximum absolute atomic E-state index is 11.4. The van der Waals surface area contributed by atoms with Crippen molar-refractivity contribution in [3.05, 3.63) is 0 Å². The lowest BCUT2D eigenvalue weighted by Gasteiger charge is -2.19. The second-order valence-electron chi connectivity index (χ2n) is 4.91. The van der Waals surface area contributed by atoms with Crippen LogP contribution in [0.1, 0.15) is 51.4 Å². The van der Waals surface area contributed by atoms with Crippen molar-refractivity contribution in [3.8, 4) is 0 Å². The molecule has 0 aliphatic heterocycles. The molecule has 0 aromatic rings. The van der Waals surface area contributed by atoms with E-state index in [2.05, 4.69) is 10.6 Å². The minimum Gasteiger partial charge on any atom is -0.338 e. The van der Waals surface area contributed by atoms with E-state index in [0.717, 1.165) is 18.9 Å². The normalized spacial score (nSPS) is 17.6. The van der Waals surface area contributed by atoms with Gasteiger partial charge < -0.3 is 5.32 Å². The molecule has 0 atom stereocenters. The quantitative estimate of drug-likeness (QED) is 0.544. The fraction of sp³-hybridized carbons (Fsp3) is 0.846. The molecule has 1 saturated carbocycles. The summed E-state index contributed by atoms with van der Waals surface area (Å²) in [4.78, 5) is 11.4. The molecule has 0 radical (unpaired) electrons. The average molecular weight is 271 g/mol. The van der Waals surface area contributed by atoms with Crippen LogP contribution in [-0.4, -0.2) is 24.0 Å². The molecule has 0 unspecified atom stereocenters. The van der Waals surface area contributed by atoms with Crippen molar-refractivity contribution in [2.24, 2.45) is 5.92 Å². The molecule has 1 aliphatic carbocycles. The maximum Gasteiger partial charge on any atom is 0.320 e. The number of carbonyl (C=O) groups is 1. The second kappa shape index (κ2) is 9.25. The van der Waals surface area contributed by atoms with E-state index in [1.807, 2.05) is 0 Å². The molecule has 2 amide bonds. The molecular weight excluding hydrogens is 246 g/mol. The Morgan fingerprint density at radius 1 is 1.22 bits per heavy atom. The number of urea groups is 1. The number of rotatable bonds is 3. The SMILES string of the molecule is CSC(=N)NC(=O)NCCC1CCCCCCC1. The van der Waals surface area contributed by atoms with Gasteiger partial charge in [0.2, 0.25) is 0 Å². The summed E-state index contributed by atoms with van der Waals surface area (Å²) < 4.78 is 0. The van der Waals surface area contributed by atoms with E-state index in [4.69, 9.17) is 5.41 Å². The molecule has 1 fully saturated rings. The van der Waals surface area contributed by atoms with Crippen molar-refractivity contribution in [2.45, 2.75) is 51.4 Å². The van der Waals surface area contributed by atoms with Crippen molar-refractivity contribution >= 4 is 23.0 Å². The Hall–Kier alpha value is -0.710. The van der Waals surface area contributed by atoms with E-state index < -0.39 is 0 Å². The first-order valence-corrected chi connectivity index (χ1v) is 8.12. The van der Waals surface area contributed by atoms with Gasteiger partial charge in [-0.3, -0.25) is 10.7 Å². The van der Waals surface area contributed by atoms with Crippen molar-refractivity contribution < 1.29 is 4.79 Å². The largest absolute Gasteiger partial charge is 0.338 e. The van der Waals surface area contributed by atoms with Gasteiger partial charge in [-0.2, -0.15) is 0 Å². The Labute approximate surface area is 114 Å². The van der Waals surface area contributed by atoms with Gasteiger partial charge >= 0.3 is 6.03 Å². The van der Waals surface area contributed by atoms with E-state index in [0.29, 0.717) is 0 Å². The molecular formula is C13H25N3OS. The molecule has 1 aliphatic rings. The van der Waals surface area contributed by atoms with Gasteiger partial charge in [0, 0.05) is 6.54 Å². The van der Waals surface area contributed by atoms with Crippen molar-refractivity contribution in [1.82, 2.24) is 10.6 Å². The zero-order chi connectivity index (χ0) is 13.2.